The monoisotopic (exact) mass is 318 g/mol. The van der Waals surface area contributed by atoms with Gasteiger partial charge in [0.05, 0.1) is 4.90 Å². The van der Waals surface area contributed by atoms with E-state index in [1.807, 2.05) is 45.0 Å². The van der Waals surface area contributed by atoms with E-state index in [9.17, 15) is 8.42 Å². The number of aryl methyl sites for hydroxylation is 2. The van der Waals surface area contributed by atoms with Crippen molar-refractivity contribution in [1.82, 2.24) is 9.29 Å². The largest absolute Gasteiger partial charge is 0.265 e. The molecular formula is C17H22N2O2S. The molecule has 0 aliphatic rings. The standard InChI is InChI=1S/C17H22N2O2S/c1-4-19(12-9-16-7-10-18-11-8-16)22(20,21)17-13-14(2)5-6-15(17)3/h5-8,10-11,13H,4,9,12H2,1-3H3. The summed E-state index contributed by atoms with van der Waals surface area (Å²) in [5.74, 6) is 0. The third kappa shape index (κ3) is 3.72. The molecule has 4 nitrogen and oxygen atoms in total. The second-order valence-corrected chi connectivity index (χ2v) is 7.28. The summed E-state index contributed by atoms with van der Waals surface area (Å²) in [5, 5.41) is 0. The number of nitrogens with zero attached hydrogens (tertiary/aromatic N) is 2. The van der Waals surface area contributed by atoms with Gasteiger partial charge in [0.1, 0.15) is 0 Å². The Morgan fingerprint density at radius 3 is 2.41 bits per heavy atom. The first kappa shape index (κ1) is 16.6. The second kappa shape index (κ2) is 7.03. The molecule has 1 aromatic carbocycles. The Balaban J connectivity index is 2.23. The first-order valence-corrected chi connectivity index (χ1v) is 8.85. The molecule has 2 rings (SSSR count). The van der Waals surface area contributed by atoms with Gasteiger partial charge in [0.2, 0.25) is 10.0 Å². The predicted molar refractivity (Wildman–Crippen MR) is 88.3 cm³/mol. The van der Waals surface area contributed by atoms with Crippen LogP contribution in [0.25, 0.3) is 0 Å². The van der Waals surface area contributed by atoms with E-state index in [0.717, 1.165) is 16.7 Å². The van der Waals surface area contributed by atoms with Crippen molar-refractivity contribution in [3.05, 3.63) is 59.4 Å². The van der Waals surface area contributed by atoms with Crippen LogP contribution in [0, 0.1) is 13.8 Å². The zero-order valence-corrected chi connectivity index (χ0v) is 14.1. The van der Waals surface area contributed by atoms with Crippen molar-refractivity contribution in [2.75, 3.05) is 13.1 Å². The van der Waals surface area contributed by atoms with Crippen LogP contribution in [0.2, 0.25) is 0 Å². The number of pyridine rings is 1. The summed E-state index contributed by atoms with van der Waals surface area (Å²) >= 11 is 0. The Hall–Kier alpha value is -1.72. The van der Waals surface area contributed by atoms with Crippen LogP contribution in [0.4, 0.5) is 0 Å². The third-order valence-electron chi connectivity index (χ3n) is 3.71. The van der Waals surface area contributed by atoms with Crippen molar-refractivity contribution in [1.29, 1.82) is 0 Å². The molecule has 0 saturated heterocycles. The lowest BCUT2D eigenvalue weighted by atomic mass is 10.2. The number of benzene rings is 1. The minimum absolute atomic E-state index is 0.407. The Labute approximate surface area is 132 Å². The van der Waals surface area contributed by atoms with E-state index in [-0.39, 0.29) is 0 Å². The van der Waals surface area contributed by atoms with Crippen molar-refractivity contribution >= 4 is 10.0 Å². The van der Waals surface area contributed by atoms with Crippen LogP contribution in [-0.2, 0) is 16.4 Å². The molecule has 0 aliphatic carbocycles. The Morgan fingerprint density at radius 1 is 1.09 bits per heavy atom. The lowest BCUT2D eigenvalue weighted by Gasteiger charge is -2.22. The Bertz CT molecular complexity index is 728. The summed E-state index contributed by atoms with van der Waals surface area (Å²) in [6.07, 6.45) is 4.14. The van der Waals surface area contributed by atoms with Gasteiger partial charge in [-0.1, -0.05) is 19.1 Å². The first-order chi connectivity index (χ1) is 10.4. The summed E-state index contributed by atoms with van der Waals surface area (Å²) in [6.45, 7) is 6.54. The van der Waals surface area contributed by atoms with Gasteiger partial charge in [-0.3, -0.25) is 4.98 Å². The van der Waals surface area contributed by atoms with Crippen LogP contribution < -0.4 is 0 Å². The van der Waals surface area contributed by atoms with Crippen molar-refractivity contribution in [3.8, 4) is 0 Å². The van der Waals surface area contributed by atoms with Gasteiger partial charge in [-0.15, -0.1) is 0 Å². The summed E-state index contributed by atoms with van der Waals surface area (Å²) < 4.78 is 27.3. The summed E-state index contributed by atoms with van der Waals surface area (Å²) in [4.78, 5) is 4.38. The maximum Gasteiger partial charge on any atom is 0.243 e. The average Bonchev–Trinajstić information content (AvgIpc) is 2.51. The second-order valence-electron chi connectivity index (χ2n) is 5.37. The lowest BCUT2D eigenvalue weighted by Crippen LogP contribution is -2.33. The molecule has 0 fully saturated rings. The van der Waals surface area contributed by atoms with Gasteiger partial charge in [0, 0.05) is 25.5 Å². The average molecular weight is 318 g/mol. The topological polar surface area (TPSA) is 50.3 Å². The number of sulfonamides is 1. The van der Waals surface area contributed by atoms with E-state index in [1.165, 1.54) is 4.31 Å². The highest BCUT2D eigenvalue weighted by Gasteiger charge is 2.24. The number of hydrogen-bond acceptors (Lipinski definition) is 3. The molecule has 0 spiro atoms. The van der Waals surface area contributed by atoms with E-state index >= 15 is 0 Å². The molecule has 0 amide bonds. The molecule has 0 aliphatic heterocycles. The van der Waals surface area contributed by atoms with E-state index in [0.29, 0.717) is 24.4 Å². The lowest BCUT2D eigenvalue weighted by molar-refractivity contribution is 0.430. The highest BCUT2D eigenvalue weighted by Crippen LogP contribution is 2.21. The van der Waals surface area contributed by atoms with E-state index in [4.69, 9.17) is 0 Å². The maximum absolute atomic E-state index is 12.9. The van der Waals surface area contributed by atoms with Gasteiger partial charge in [0.15, 0.2) is 0 Å². The van der Waals surface area contributed by atoms with Crippen molar-refractivity contribution < 1.29 is 8.42 Å². The fourth-order valence-corrected chi connectivity index (χ4v) is 4.14. The van der Waals surface area contributed by atoms with Crippen LogP contribution >= 0.6 is 0 Å². The van der Waals surface area contributed by atoms with Crippen LogP contribution in [-0.4, -0.2) is 30.8 Å². The van der Waals surface area contributed by atoms with E-state index in [2.05, 4.69) is 4.98 Å². The van der Waals surface area contributed by atoms with Gasteiger partial charge < -0.3 is 0 Å². The highest BCUT2D eigenvalue weighted by atomic mass is 32.2. The summed E-state index contributed by atoms with van der Waals surface area (Å²) in [5.41, 5.74) is 2.83. The smallest absolute Gasteiger partial charge is 0.243 e. The molecule has 0 atom stereocenters. The van der Waals surface area contributed by atoms with Gasteiger partial charge >= 0.3 is 0 Å². The molecule has 0 unspecified atom stereocenters. The highest BCUT2D eigenvalue weighted by molar-refractivity contribution is 7.89. The minimum atomic E-state index is -3.46. The molecule has 0 N–H and O–H groups in total. The quantitative estimate of drug-likeness (QED) is 0.823. The zero-order valence-electron chi connectivity index (χ0n) is 13.3. The molecule has 118 valence electrons. The number of aromatic nitrogens is 1. The van der Waals surface area contributed by atoms with E-state index < -0.39 is 10.0 Å². The molecule has 1 aromatic heterocycles. The van der Waals surface area contributed by atoms with Crippen LogP contribution in [0.15, 0.2) is 47.6 Å². The molecular weight excluding hydrogens is 296 g/mol. The van der Waals surface area contributed by atoms with E-state index in [1.54, 1.807) is 18.5 Å². The number of hydrogen-bond donors (Lipinski definition) is 0. The fourth-order valence-electron chi connectivity index (χ4n) is 2.38. The van der Waals surface area contributed by atoms with Crippen molar-refractivity contribution in [3.63, 3.8) is 0 Å². The van der Waals surface area contributed by atoms with Gasteiger partial charge in [-0.2, -0.15) is 4.31 Å². The third-order valence-corrected chi connectivity index (χ3v) is 5.83. The van der Waals surface area contributed by atoms with Crippen LogP contribution in [0.1, 0.15) is 23.6 Å². The molecule has 2 aromatic rings. The number of likely N-dealkylation sites (N-methyl/N-ethyl adjacent to an activating group) is 1. The van der Waals surface area contributed by atoms with Crippen LogP contribution in [0.3, 0.4) is 0 Å². The maximum atomic E-state index is 12.9. The number of rotatable bonds is 6. The molecule has 0 bridgehead atoms. The fraction of sp³-hybridized carbons (Fsp3) is 0.353. The van der Waals surface area contributed by atoms with Crippen molar-refractivity contribution in [2.24, 2.45) is 0 Å². The molecule has 22 heavy (non-hydrogen) atoms. The van der Waals surface area contributed by atoms with Gasteiger partial charge in [-0.05, 0) is 55.2 Å². The molecule has 1 heterocycles. The van der Waals surface area contributed by atoms with Crippen LogP contribution in [0.5, 0.6) is 0 Å². The zero-order chi connectivity index (χ0) is 16.2. The molecule has 0 radical (unpaired) electrons. The molecule has 5 heteroatoms. The SMILES string of the molecule is CCN(CCc1ccncc1)S(=O)(=O)c1cc(C)ccc1C. The predicted octanol–water partition coefficient (Wildman–Crippen LogP) is 2.95. The Kier molecular flexibility index (Phi) is 5.32. The van der Waals surface area contributed by atoms with Gasteiger partial charge in [-0.25, -0.2) is 8.42 Å². The normalized spacial score (nSPS) is 11.8. The summed E-state index contributed by atoms with van der Waals surface area (Å²) in [6, 6.07) is 9.37. The van der Waals surface area contributed by atoms with Gasteiger partial charge in [0.25, 0.3) is 0 Å². The van der Waals surface area contributed by atoms with Crippen molar-refractivity contribution in [2.45, 2.75) is 32.1 Å². The first-order valence-electron chi connectivity index (χ1n) is 7.41. The minimum Gasteiger partial charge on any atom is -0.265 e. The molecule has 0 saturated carbocycles. The Morgan fingerprint density at radius 2 is 1.77 bits per heavy atom. The summed E-state index contributed by atoms with van der Waals surface area (Å²) in [7, 11) is -3.46.